The molecule has 0 radical (unpaired) electrons. The van der Waals surface area contributed by atoms with E-state index >= 15 is 0 Å². The third-order valence-corrected chi connectivity index (χ3v) is 5.37. The molecule has 0 bridgehead atoms. The van der Waals surface area contributed by atoms with Crippen LogP contribution in [0.15, 0.2) is 48.5 Å². The number of amides is 2. The fourth-order valence-electron chi connectivity index (χ4n) is 3.12. The SMILES string of the molecule is O=C(NCc1ccccc1Cl)C1CCN(C(=O)c2ccccc2Cl)CC1. The van der Waals surface area contributed by atoms with E-state index < -0.39 is 0 Å². The highest BCUT2D eigenvalue weighted by Crippen LogP contribution is 2.23. The summed E-state index contributed by atoms with van der Waals surface area (Å²) in [6.07, 6.45) is 1.29. The van der Waals surface area contributed by atoms with E-state index in [9.17, 15) is 9.59 Å². The highest BCUT2D eigenvalue weighted by Gasteiger charge is 2.28. The maximum atomic E-state index is 12.6. The molecule has 26 heavy (non-hydrogen) atoms. The Morgan fingerprint density at radius 2 is 1.58 bits per heavy atom. The predicted octanol–water partition coefficient (Wildman–Crippen LogP) is 4.16. The van der Waals surface area contributed by atoms with E-state index in [0.29, 0.717) is 48.1 Å². The van der Waals surface area contributed by atoms with Gasteiger partial charge in [-0.05, 0) is 36.6 Å². The zero-order valence-corrected chi connectivity index (χ0v) is 15.8. The van der Waals surface area contributed by atoms with Gasteiger partial charge in [0.2, 0.25) is 5.91 Å². The summed E-state index contributed by atoms with van der Waals surface area (Å²) in [5, 5.41) is 4.05. The standard InChI is InChI=1S/C20H20Cl2N2O2/c21-17-7-3-1-5-15(17)13-23-19(25)14-9-11-24(12-10-14)20(26)16-6-2-4-8-18(16)22/h1-8,14H,9-13H2,(H,23,25). The van der Waals surface area contributed by atoms with Crippen molar-refractivity contribution in [3.63, 3.8) is 0 Å². The number of benzene rings is 2. The molecule has 136 valence electrons. The zero-order valence-electron chi connectivity index (χ0n) is 14.3. The summed E-state index contributed by atoms with van der Waals surface area (Å²) in [7, 11) is 0. The molecule has 1 saturated heterocycles. The lowest BCUT2D eigenvalue weighted by molar-refractivity contribution is -0.126. The topological polar surface area (TPSA) is 49.4 Å². The number of piperidine rings is 1. The lowest BCUT2D eigenvalue weighted by atomic mass is 9.95. The molecule has 2 amide bonds. The number of rotatable bonds is 4. The molecule has 0 saturated carbocycles. The molecule has 0 aliphatic carbocycles. The van der Waals surface area contributed by atoms with Crippen molar-refractivity contribution in [1.82, 2.24) is 10.2 Å². The van der Waals surface area contributed by atoms with Crippen molar-refractivity contribution < 1.29 is 9.59 Å². The van der Waals surface area contributed by atoms with E-state index in [1.807, 2.05) is 24.3 Å². The molecule has 1 N–H and O–H groups in total. The van der Waals surface area contributed by atoms with Crippen molar-refractivity contribution in [2.75, 3.05) is 13.1 Å². The van der Waals surface area contributed by atoms with Gasteiger partial charge in [0.1, 0.15) is 0 Å². The first-order valence-corrected chi connectivity index (χ1v) is 9.37. The van der Waals surface area contributed by atoms with E-state index in [2.05, 4.69) is 5.32 Å². The number of likely N-dealkylation sites (tertiary alicyclic amines) is 1. The number of carbonyl (C=O) groups excluding carboxylic acids is 2. The Morgan fingerprint density at radius 1 is 0.962 bits per heavy atom. The molecule has 1 heterocycles. The Morgan fingerprint density at radius 3 is 2.23 bits per heavy atom. The first-order valence-electron chi connectivity index (χ1n) is 8.61. The second-order valence-electron chi connectivity index (χ2n) is 6.36. The zero-order chi connectivity index (χ0) is 18.5. The Kier molecular flexibility index (Phi) is 6.17. The number of hydrogen-bond donors (Lipinski definition) is 1. The van der Waals surface area contributed by atoms with Crippen LogP contribution in [0.1, 0.15) is 28.8 Å². The van der Waals surface area contributed by atoms with Gasteiger partial charge < -0.3 is 10.2 Å². The van der Waals surface area contributed by atoms with Gasteiger partial charge in [0.15, 0.2) is 0 Å². The molecule has 1 fully saturated rings. The predicted molar refractivity (Wildman–Crippen MR) is 103 cm³/mol. The third-order valence-electron chi connectivity index (χ3n) is 4.67. The summed E-state index contributed by atoms with van der Waals surface area (Å²) in [5.41, 5.74) is 1.41. The molecule has 4 nitrogen and oxygen atoms in total. The van der Waals surface area contributed by atoms with Crippen molar-refractivity contribution >= 4 is 35.0 Å². The minimum Gasteiger partial charge on any atom is -0.352 e. The summed E-state index contributed by atoms with van der Waals surface area (Å²) >= 11 is 12.2. The number of carbonyl (C=O) groups is 2. The van der Waals surface area contributed by atoms with Gasteiger partial charge in [-0.2, -0.15) is 0 Å². The van der Waals surface area contributed by atoms with Crippen molar-refractivity contribution in [2.24, 2.45) is 5.92 Å². The van der Waals surface area contributed by atoms with E-state index in [1.165, 1.54) is 0 Å². The monoisotopic (exact) mass is 390 g/mol. The van der Waals surface area contributed by atoms with Gasteiger partial charge in [0.25, 0.3) is 5.91 Å². The minimum absolute atomic E-state index is 0.00904. The second kappa shape index (κ2) is 8.56. The van der Waals surface area contributed by atoms with Gasteiger partial charge in [-0.25, -0.2) is 0 Å². The van der Waals surface area contributed by atoms with Gasteiger partial charge in [-0.3, -0.25) is 9.59 Å². The molecule has 1 aliphatic heterocycles. The fraction of sp³-hybridized carbons (Fsp3) is 0.300. The Bertz CT molecular complexity index is 802. The Labute approximate surface area is 163 Å². The fourth-order valence-corrected chi connectivity index (χ4v) is 3.54. The van der Waals surface area contributed by atoms with Crippen LogP contribution in [-0.4, -0.2) is 29.8 Å². The molecular weight excluding hydrogens is 371 g/mol. The molecule has 2 aromatic rings. The Hall–Kier alpha value is -2.04. The van der Waals surface area contributed by atoms with E-state index in [1.54, 1.807) is 29.2 Å². The molecule has 0 aromatic heterocycles. The molecule has 0 unspecified atom stereocenters. The van der Waals surface area contributed by atoms with Gasteiger partial charge in [-0.1, -0.05) is 53.5 Å². The largest absolute Gasteiger partial charge is 0.352 e. The molecule has 0 atom stereocenters. The quantitative estimate of drug-likeness (QED) is 0.851. The maximum absolute atomic E-state index is 12.6. The number of nitrogens with one attached hydrogen (secondary N) is 1. The molecule has 1 aliphatic rings. The number of hydrogen-bond acceptors (Lipinski definition) is 2. The van der Waals surface area contributed by atoms with Crippen molar-refractivity contribution in [3.8, 4) is 0 Å². The second-order valence-corrected chi connectivity index (χ2v) is 7.17. The number of nitrogens with zero attached hydrogens (tertiary/aromatic N) is 1. The normalized spacial score (nSPS) is 14.9. The van der Waals surface area contributed by atoms with Crippen LogP contribution in [0.3, 0.4) is 0 Å². The maximum Gasteiger partial charge on any atom is 0.255 e. The van der Waals surface area contributed by atoms with Crippen LogP contribution in [0.4, 0.5) is 0 Å². The highest BCUT2D eigenvalue weighted by atomic mass is 35.5. The van der Waals surface area contributed by atoms with E-state index in [0.717, 1.165) is 5.56 Å². The molecule has 0 spiro atoms. The first-order chi connectivity index (χ1) is 12.6. The van der Waals surface area contributed by atoms with Crippen molar-refractivity contribution in [1.29, 1.82) is 0 Å². The van der Waals surface area contributed by atoms with Crippen molar-refractivity contribution in [2.45, 2.75) is 19.4 Å². The van der Waals surface area contributed by atoms with Crippen LogP contribution < -0.4 is 5.32 Å². The summed E-state index contributed by atoms with van der Waals surface area (Å²) in [6.45, 7) is 1.51. The van der Waals surface area contributed by atoms with Gasteiger partial charge in [0, 0.05) is 30.6 Å². The minimum atomic E-state index is -0.0900. The van der Waals surface area contributed by atoms with Crippen molar-refractivity contribution in [3.05, 3.63) is 69.7 Å². The molecule has 2 aromatic carbocycles. The number of halogens is 2. The highest BCUT2D eigenvalue weighted by molar-refractivity contribution is 6.33. The van der Waals surface area contributed by atoms with Crippen LogP contribution >= 0.6 is 23.2 Å². The van der Waals surface area contributed by atoms with Crippen LogP contribution in [-0.2, 0) is 11.3 Å². The summed E-state index contributed by atoms with van der Waals surface area (Å²) in [4.78, 5) is 26.7. The van der Waals surface area contributed by atoms with Crippen LogP contribution in [0.5, 0.6) is 0 Å². The Balaban J connectivity index is 1.52. The van der Waals surface area contributed by atoms with Gasteiger partial charge in [-0.15, -0.1) is 0 Å². The summed E-state index contributed by atoms with van der Waals surface area (Å²) in [5.74, 6) is -0.159. The molecular formula is C20H20Cl2N2O2. The van der Waals surface area contributed by atoms with E-state index in [-0.39, 0.29) is 17.7 Å². The lowest BCUT2D eigenvalue weighted by Crippen LogP contribution is -2.43. The summed E-state index contributed by atoms with van der Waals surface area (Å²) < 4.78 is 0. The molecule has 3 rings (SSSR count). The molecule has 6 heteroatoms. The average molecular weight is 391 g/mol. The van der Waals surface area contributed by atoms with Crippen LogP contribution in [0.2, 0.25) is 10.0 Å². The van der Waals surface area contributed by atoms with Gasteiger partial charge in [0.05, 0.1) is 10.6 Å². The van der Waals surface area contributed by atoms with Crippen LogP contribution in [0, 0.1) is 5.92 Å². The average Bonchev–Trinajstić information content (AvgIpc) is 2.67. The van der Waals surface area contributed by atoms with Gasteiger partial charge >= 0.3 is 0 Å². The first kappa shape index (κ1) is 18.7. The summed E-state index contributed by atoms with van der Waals surface area (Å²) in [6, 6.07) is 14.5. The van der Waals surface area contributed by atoms with E-state index in [4.69, 9.17) is 23.2 Å². The lowest BCUT2D eigenvalue weighted by Gasteiger charge is -2.31. The van der Waals surface area contributed by atoms with Crippen LogP contribution in [0.25, 0.3) is 0 Å². The third kappa shape index (κ3) is 4.37. The smallest absolute Gasteiger partial charge is 0.255 e.